The third kappa shape index (κ3) is 6.19. The summed E-state index contributed by atoms with van der Waals surface area (Å²) in [5.41, 5.74) is 0.676. The average Bonchev–Trinajstić information content (AvgIpc) is 3.54. The Hall–Kier alpha value is -2.63. The molecule has 0 saturated heterocycles. The predicted octanol–water partition coefficient (Wildman–Crippen LogP) is 2.44. The lowest BCUT2D eigenvalue weighted by atomic mass is 10.0. The Morgan fingerprint density at radius 1 is 1.19 bits per heavy atom. The lowest BCUT2D eigenvalue weighted by Crippen LogP contribution is -2.47. The summed E-state index contributed by atoms with van der Waals surface area (Å²) in [6.07, 6.45) is 5.25. The van der Waals surface area contributed by atoms with Crippen molar-refractivity contribution in [2.45, 2.75) is 43.9 Å². The highest BCUT2D eigenvalue weighted by Crippen LogP contribution is 2.32. The number of hydrogen-bond acceptors (Lipinski definition) is 7. The van der Waals surface area contributed by atoms with Gasteiger partial charge in [0.25, 0.3) is 15.9 Å². The maximum atomic E-state index is 13.4. The van der Waals surface area contributed by atoms with Crippen LogP contribution in [0.25, 0.3) is 0 Å². The van der Waals surface area contributed by atoms with Gasteiger partial charge in [-0.3, -0.25) is 14.4 Å². The van der Waals surface area contributed by atoms with Crippen LogP contribution < -0.4 is 9.46 Å². The van der Waals surface area contributed by atoms with Gasteiger partial charge in [0.1, 0.15) is 12.4 Å². The highest BCUT2D eigenvalue weighted by molar-refractivity contribution is 7.92. The van der Waals surface area contributed by atoms with Gasteiger partial charge in [0, 0.05) is 59.1 Å². The molecule has 0 spiro atoms. The standard InChI is InChI=1S/C25H37N5O5S/c1-17-11-30(12-19-6-7-19)18(2)15-35-22-10-20(27-36(32,33)24-14-28(3)16-26-24)8-9-21(22)25(31)29(4)13-23(17)34-5/h8-10,14,16-19,23,27H,6-7,11-13,15H2,1-5H3/t17-,18+,23+/m0/s1. The molecule has 0 radical (unpaired) electrons. The molecule has 1 amide bonds. The van der Waals surface area contributed by atoms with E-state index < -0.39 is 10.0 Å². The number of fused-ring (bicyclic) bond motifs is 1. The Morgan fingerprint density at radius 2 is 1.94 bits per heavy atom. The smallest absolute Gasteiger partial charge is 0.280 e. The van der Waals surface area contributed by atoms with E-state index in [2.05, 4.69) is 28.5 Å². The zero-order valence-electron chi connectivity index (χ0n) is 21.7. The van der Waals surface area contributed by atoms with E-state index in [1.54, 1.807) is 48.9 Å². The second kappa shape index (κ2) is 10.8. The Bertz CT molecular complexity index is 1180. The van der Waals surface area contributed by atoms with E-state index in [9.17, 15) is 13.2 Å². The van der Waals surface area contributed by atoms with Crippen LogP contribution in [0.15, 0.2) is 35.7 Å². The van der Waals surface area contributed by atoms with E-state index in [1.165, 1.54) is 25.4 Å². The SMILES string of the molecule is CO[C@@H]1CN(C)C(=O)c2ccc(NS(=O)(=O)c3cn(C)cn3)cc2OC[C@@H](C)N(CC2CC2)C[C@@H]1C. The summed E-state index contributed by atoms with van der Waals surface area (Å²) in [5.74, 6) is 1.08. The van der Waals surface area contributed by atoms with Crippen LogP contribution in [0.4, 0.5) is 5.69 Å². The number of imidazole rings is 1. The monoisotopic (exact) mass is 519 g/mol. The van der Waals surface area contributed by atoms with Crippen LogP contribution in [0, 0.1) is 11.8 Å². The number of methoxy groups -OCH3 is 1. The van der Waals surface area contributed by atoms with Gasteiger partial charge in [-0.15, -0.1) is 0 Å². The first-order valence-electron chi connectivity index (χ1n) is 12.4. The molecule has 1 aromatic carbocycles. The molecule has 36 heavy (non-hydrogen) atoms. The van der Waals surface area contributed by atoms with Gasteiger partial charge in [0.05, 0.1) is 23.7 Å². The minimum atomic E-state index is -3.88. The van der Waals surface area contributed by atoms with E-state index in [4.69, 9.17) is 9.47 Å². The van der Waals surface area contributed by atoms with Crippen molar-refractivity contribution in [1.82, 2.24) is 19.4 Å². The molecule has 0 bridgehead atoms. The van der Waals surface area contributed by atoms with Crippen molar-refractivity contribution >= 4 is 21.6 Å². The summed E-state index contributed by atoms with van der Waals surface area (Å²) in [5, 5.41) is -0.0847. The summed E-state index contributed by atoms with van der Waals surface area (Å²) in [6.45, 7) is 6.96. The lowest BCUT2D eigenvalue weighted by Gasteiger charge is -2.36. The van der Waals surface area contributed by atoms with E-state index >= 15 is 0 Å². The van der Waals surface area contributed by atoms with Crippen LogP contribution in [-0.2, 0) is 21.8 Å². The maximum absolute atomic E-state index is 13.4. The number of rotatable bonds is 6. The number of carbonyl (C=O) groups is 1. The van der Waals surface area contributed by atoms with Gasteiger partial charge >= 0.3 is 0 Å². The van der Waals surface area contributed by atoms with E-state index in [0.717, 1.165) is 19.0 Å². The van der Waals surface area contributed by atoms with Gasteiger partial charge in [0.15, 0.2) is 5.03 Å². The quantitative estimate of drug-likeness (QED) is 0.625. The fourth-order valence-corrected chi connectivity index (χ4v) is 5.56. The number of carbonyl (C=O) groups excluding carboxylic acids is 1. The maximum Gasteiger partial charge on any atom is 0.280 e. The molecule has 1 aliphatic heterocycles. The summed E-state index contributed by atoms with van der Waals surface area (Å²) in [6, 6.07) is 4.86. The first-order chi connectivity index (χ1) is 17.1. The zero-order valence-corrected chi connectivity index (χ0v) is 22.5. The first-order valence-corrected chi connectivity index (χ1v) is 13.9. The van der Waals surface area contributed by atoms with Gasteiger partial charge < -0.3 is 18.9 Å². The fourth-order valence-electron chi connectivity index (χ4n) is 4.53. The summed E-state index contributed by atoms with van der Waals surface area (Å²) in [4.78, 5) is 21.4. The second-order valence-corrected chi connectivity index (χ2v) is 11.8. The number of ether oxygens (including phenoxy) is 2. The van der Waals surface area contributed by atoms with Crippen molar-refractivity contribution in [2.24, 2.45) is 18.9 Å². The number of aromatic nitrogens is 2. The summed E-state index contributed by atoms with van der Waals surface area (Å²) >= 11 is 0. The van der Waals surface area contributed by atoms with Crippen LogP contribution in [0.3, 0.4) is 0 Å². The van der Waals surface area contributed by atoms with Crippen LogP contribution >= 0.6 is 0 Å². The van der Waals surface area contributed by atoms with Gasteiger partial charge in [-0.05, 0) is 43.7 Å². The van der Waals surface area contributed by atoms with Gasteiger partial charge in [-0.2, -0.15) is 8.42 Å². The van der Waals surface area contributed by atoms with Crippen molar-refractivity contribution in [3.8, 4) is 5.75 Å². The Labute approximate surface area is 213 Å². The second-order valence-electron chi connectivity index (χ2n) is 10.2. The molecule has 1 aliphatic carbocycles. The molecule has 10 nitrogen and oxygen atoms in total. The first kappa shape index (κ1) is 26.4. The highest BCUT2D eigenvalue weighted by Gasteiger charge is 2.32. The van der Waals surface area contributed by atoms with Crippen molar-refractivity contribution in [2.75, 3.05) is 45.1 Å². The number of likely N-dealkylation sites (N-methyl/N-ethyl adjacent to an activating group) is 1. The van der Waals surface area contributed by atoms with Crippen molar-refractivity contribution in [1.29, 1.82) is 0 Å². The topological polar surface area (TPSA) is 106 Å². The molecule has 1 fully saturated rings. The normalized spacial score (nSPS) is 24.4. The zero-order chi connectivity index (χ0) is 26.0. The molecule has 1 aromatic heterocycles. The molecule has 2 aliphatic rings. The van der Waals surface area contributed by atoms with Crippen LogP contribution in [0.1, 0.15) is 37.0 Å². The molecule has 4 rings (SSSR count). The molecule has 2 heterocycles. The number of anilines is 1. The third-order valence-corrected chi connectivity index (χ3v) is 8.24. The van der Waals surface area contributed by atoms with E-state index in [0.29, 0.717) is 30.2 Å². The number of sulfonamides is 1. The molecular weight excluding hydrogens is 482 g/mol. The Balaban J connectivity index is 1.64. The molecule has 1 saturated carbocycles. The molecular formula is C25H37N5O5S. The predicted molar refractivity (Wildman–Crippen MR) is 137 cm³/mol. The lowest BCUT2D eigenvalue weighted by molar-refractivity contribution is 0.00994. The number of benzene rings is 1. The van der Waals surface area contributed by atoms with E-state index in [-0.39, 0.29) is 29.0 Å². The minimum Gasteiger partial charge on any atom is -0.491 e. The molecule has 3 atom stereocenters. The largest absolute Gasteiger partial charge is 0.491 e. The Kier molecular flexibility index (Phi) is 7.91. The summed E-state index contributed by atoms with van der Waals surface area (Å²) < 4.78 is 41.7. The fraction of sp³-hybridized carbons (Fsp3) is 0.600. The van der Waals surface area contributed by atoms with Crippen molar-refractivity contribution in [3.63, 3.8) is 0 Å². The minimum absolute atomic E-state index is 0.0847. The number of nitrogens with zero attached hydrogens (tertiary/aromatic N) is 4. The number of aryl methyl sites for hydroxylation is 1. The van der Waals surface area contributed by atoms with Crippen LogP contribution in [0.2, 0.25) is 0 Å². The highest BCUT2D eigenvalue weighted by atomic mass is 32.2. The third-order valence-electron chi connectivity index (χ3n) is 6.97. The van der Waals surface area contributed by atoms with Gasteiger partial charge in [0.2, 0.25) is 0 Å². The summed E-state index contributed by atoms with van der Waals surface area (Å²) in [7, 11) is 1.26. The van der Waals surface area contributed by atoms with E-state index in [1.807, 2.05) is 0 Å². The molecule has 198 valence electrons. The molecule has 2 aromatic rings. The van der Waals surface area contributed by atoms with Crippen LogP contribution in [-0.4, -0.2) is 86.2 Å². The van der Waals surface area contributed by atoms with Crippen molar-refractivity contribution < 1.29 is 22.7 Å². The average molecular weight is 520 g/mol. The molecule has 11 heteroatoms. The number of amides is 1. The molecule has 0 unspecified atom stereocenters. The molecule has 1 N–H and O–H groups in total. The number of nitrogens with one attached hydrogen (secondary N) is 1. The Morgan fingerprint density at radius 3 is 2.58 bits per heavy atom. The van der Waals surface area contributed by atoms with Crippen LogP contribution in [0.5, 0.6) is 5.75 Å². The number of hydrogen-bond donors (Lipinski definition) is 1. The van der Waals surface area contributed by atoms with Gasteiger partial charge in [-0.1, -0.05) is 6.92 Å². The van der Waals surface area contributed by atoms with Gasteiger partial charge in [-0.25, -0.2) is 4.98 Å². The van der Waals surface area contributed by atoms with Crippen molar-refractivity contribution in [3.05, 3.63) is 36.3 Å².